The molecule has 1 aromatic heterocycles. The lowest BCUT2D eigenvalue weighted by Crippen LogP contribution is -2.40. The Labute approximate surface area is 197 Å². The van der Waals surface area contributed by atoms with Crippen LogP contribution in [0.3, 0.4) is 0 Å². The molecule has 4 rings (SSSR count). The summed E-state index contributed by atoms with van der Waals surface area (Å²) in [6, 6.07) is 18.5. The van der Waals surface area contributed by atoms with E-state index in [-0.39, 0.29) is 17.6 Å². The number of carbonyl (C=O) groups excluding carboxylic acids is 2. The van der Waals surface area contributed by atoms with E-state index < -0.39 is 0 Å². The number of amides is 2. The van der Waals surface area contributed by atoms with Gasteiger partial charge in [0, 0.05) is 24.0 Å². The van der Waals surface area contributed by atoms with Gasteiger partial charge >= 0.3 is 0 Å². The number of nitrogens with zero attached hydrogens (tertiary/aromatic N) is 2. The molecule has 166 valence electrons. The summed E-state index contributed by atoms with van der Waals surface area (Å²) < 4.78 is 0. The summed E-state index contributed by atoms with van der Waals surface area (Å²) in [5.74, 6) is 1.15. The van der Waals surface area contributed by atoms with Crippen molar-refractivity contribution in [2.75, 3.05) is 29.9 Å². The number of hydrogen-bond acceptors (Lipinski definition) is 5. The Morgan fingerprint density at radius 1 is 1.06 bits per heavy atom. The normalized spacial score (nSPS) is 16.0. The van der Waals surface area contributed by atoms with Crippen LogP contribution in [-0.4, -0.2) is 46.3 Å². The van der Waals surface area contributed by atoms with Crippen molar-refractivity contribution in [1.82, 2.24) is 9.88 Å². The molecule has 3 aromatic rings. The third kappa shape index (κ3) is 5.99. The Kier molecular flexibility index (Phi) is 7.60. The van der Waals surface area contributed by atoms with Gasteiger partial charge in [-0.2, -0.15) is 0 Å². The molecule has 1 N–H and O–H groups in total. The highest BCUT2D eigenvalue weighted by Crippen LogP contribution is 2.27. The number of piperidine rings is 1. The number of thioether (sulfide) groups is 1. The molecule has 1 unspecified atom stereocenters. The van der Waals surface area contributed by atoms with E-state index in [4.69, 9.17) is 0 Å². The van der Waals surface area contributed by atoms with Crippen LogP contribution in [0.4, 0.5) is 5.13 Å². The van der Waals surface area contributed by atoms with Crippen LogP contribution in [0.1, 0.15) is 19.8 Å². The maximum atomic E-state index is 12.3. The first-order valence-electron chi connectivity index (χ1n) is 10.9. The minimum atomic E-state index is -0.130. The highest BCUT2D eigenvalue weighted by Gasteiger charge is 2.21. The molecule has 1 aliphatic rings. The van der Waals surface area contributed by atoms with Crippen LogP contribution in [0.15, 0.2) is 60.0 Å². The number of benzene rings is 2. The van der Waals surface area contributed by atoms with Crippen molar-refractivity contribution in [3.05, 3.63) is 60.0 Å². The van der Waals surface area contributed by atoms with E-state index in [9.17, 15) is 9.59 Å². The summed E-state index contributed by atoms with van der Waals surface area (Å²) in [5, 5.41) is 5.38. The Balaban J connectivity index is 1.26. The van der Waals surface area contributed by atoms with Crippen molar-refractivity contribution in [3.8, 4) is 22.4 Å². The largest absolute Gasteiger partial charge is 0.342 e. The lowest BCUT2D eigenvalue weighted by atomic mass is 10.0. The van der Waals surface area contributed by atoms with Gasteiger partial charge in [0.1, 0.15) is 0 Å². The fourth-order valence-electron chi connectivity index (χ4n) is 3.82. The molecule has 2 heterocycles. The zero-order chi connectivity index (χ0) is 22.3. The summed E-state index contributed by atoms with van der Waals surface area (Å²) >= 11 is 2.77. The number of carbonyl (C=O) groups is 2. The van der Waals surface area contributed by atoms with Crippen LogP contribution in [0.25, 0.3) is 22.4 Å². The zero-order valence-electron chi connectivity index (χ0n) is 18.1. The smallest absolute Gasteiger partial charge is 0.236 e. The monoisotopic (exact) mass is 465 g/mol. The summed E-state index contributed by atoms with van der Waals surface area (Å²) in [6.07, 6.45) is 2.26. The average molecular weight is 466 g/mol. The van der Waals surface area contributed by atoms with Crippen LogP contribution in [-0.2, 0) is 9.59 Å². The molecule has 1 aliphatic heterocycles. The summed E-state index contributed by atoms with van der Waals surface area (Å²) in [5.41, 5.74) is 4.18. The Morgan fingerprint density at radius 3 is 2.53 bits per heavy atom. The molecule has 0 spiro atoms. The zero-order valence-corrected chi connectivity index (χ0v) is 19.8. The fraction of sp³-hybridized carbons (Fsp3) is 0.320. The van der Waals surface area contributed by atoms with E-state index in [1.165, 1.54) is 35.1 Å². The molecule has 1 fully saturated rings. The molecule has 32 heavy (non-hydrogen) atoms. The first-order valence-corrected chi connectivity index (χ1v) is 12.9. The minimum Gasteiger partial charge on any atom is -0.342 e. The SMILES string of the molecule is CC1CCCN(C(=O)CSCC(=O)Nc2nc(-c3ccc(-c4ccccc4)cc3)cs2)C1. The third-order valence-corrected chi connectivity index (χ3v) is 7.18. The number of thiazole rings is 1. The van der Waals surface area contributed by atoms with Gasteiger partial charge in [-0.15, -0.1) is 23.1 Å². The molecule has 0 aliphatic carbocycles. The highest BCUT2D eigenvalue weighted by molar-refractivity contribution is 8.00. The molecular formula is C25H27N3O2S2. The number of anilines is 1. The summed E-state index contributed by atoms with van der Waals surface area (Å²) in [7, 11) is 0. The first-order chi connectivity index (χ1) is 15.6. The van der Waals surface area contributed by atoms with Gasteiger partial charge in [0.15, 0.2) is 5.13 Å². The van der Waals surface area contributed by atoms with Gasteiger partial charge in [-0.05, 0) is 29.9 Å². The Bertz CT molecular complexity index is 1050. The molecule has 0 radical (unpaired) electrons. The van der Waals surface area contributed by atoms with Gasteiger partial charge in [0.25, 0.3) is 0 Å². The van der Waals surface area contributed by atoms with Gasteiger partial charge in [0.2, 0.25) is 11.8 Å². The van der Waals surface area contributed by atoms with Crippen molar-refractivity contribution < 1.29 is 9.59 Å². The van der Waals surface area contributed by atoms with Crippen molar-refractivity contribution in [1.29, 1.82) is 0 Å². The standard InChI is InChI=1S/C25H27N3O2S2/c1-18-6-5-13-28(14-18)24(30)17-31-16-23(29)27-25-26-22(15-32-25)21-11-9-20(10-12-21)19-7-3-2-4-8-19/h2-4,7-12,15,18H,5-6,13-14,16-17H2,1H3,(H,26,27,29). The molecular weight excluding hydrogens is 438 g/mol. The topological polar surface area (TPSA) is 62.3 Å². The second-order valence-corrected chi connectivity index (χ2v) is 9.95. The average Bonchev–Trinajstić information content (AvgIpc) is 3.28. The van der Waals surface area contributed by atoms with Crippen LogP contribution in [0.2, 0.25) is 0 Å². The van der Waals surface area contributed by atoms with Crippen molar-refractivity contribution in [2.24, 2.45) is 5.92 Å². The number of hydrogen-bond donors (Lipinski definition) is 1. The predicted octanol–water partition coefficient (Wildman–Crippen LogP) is 5.41. The van der Waals surface area contributed by atoms with Gasteiger partial charge in [-0.25, -0.2) is 4.98 Å². The van der Waals surface area contributed by atoms with Crippen LogP contribution < -0.4 is 5.32 Å². The van der Waals surface area contributed by atoms with Crippen molar-refractivity contribution in [2.45, 2.75) is 19.8 Å². The molecule has 2 amide bonds. The molecule has 0 saturated carbocycles. The Hall–Kier alpha value is -2.64. The minimum absolute atomic E-state index is 0.129. The molecule has 5 nitrogen and oxygen atoms in total. The van der Waals surface area contributed by atoms with Crippen molar-refractivity contribution in [3.63, 3.8) is 0 Å². The molecule has 0 bridgehead atoms. The van der Waals surface area contributed by atoms with Gasteiger partial charge in [-0.3, -0.25) is 9.59 Å². The van der Waals surface area contributed by atoms with E-state index in [0.29, 0.717) is 16.8 Å². The Morgan fingerprint density at radius 2 is 1.78 bits per heavy atom. The summed E-state index contributed by atoms with van der Waals surface area (Å²) in [4.78, 5) is 31.1. The number of likely N-dealkylation sites (tertiary alicyclic amines) is 1. The number of aromatic nitrogens is 1. The predicted molar refractivity (Wildman–Crippen MR) is 134 cm³/mol. The van der Waals surface area contributed by atoms with Gasteiger partial charge in [-0.1, -0.05) is 61.5 Å². The fourth-order valence-corrected chi connectivity index (χ4v) is 5.27. The van der Waals surface area contributed by atoms with E-state index in [0.717, 1.165) is 36.3 Å². The highest BCUT2D eigenvalue weighted by atomic mass is 32.2. The van der Waals surface area contributed by atoms with Gasteiger partial charge in [0.05, 0.1) is 17.2 Å². The van der Waals surface area contributed by atoms with E-state index in [2.05, 4.69) is 41.5 Å². The maximum Gasteiger partial charge on any atom is 0.236 e. The van der Waals surface area contributed by atoms with Crippen LogP contribution in [0, 0.1) is 5.92 Å². The second kappa shape index (κ2) is 10.8. The molecule has 1 saturated heterocycles. The van der Waals surface area contributed by atoms with Crippen LogP contribution in [0.5, 0.6) is 0 Å². The van der Waals surface area contributed by atoms with E-state index >= 15 is 0 Å². The summed E-state index contributed by atoms with van der Waals surface area (Å²) in [6.45, 7) is 3.85. The quantitative estimate of drug-likeness (QED) is 0.507. The van der Waals surface area contributed by atoms with E-state index in [1.807, 2.05) is 40.6 Å². The molecule has 2 aromatic carbocycles. The lowest BCUT2D eigenvalue weighted by molar-refractivity contribution is -0.130. The first kappa shape index (κ1) is 22.6. The van der Waals surface area contributed by atoms with Crippen molar-refractivity contribution >= 4 is 40.0 Å². The molecule has 1 atom stereocenters. The second-order valence-electron chi connectivity index (χ2n) is 8.11. The molecule has 7 heteroatoms. The van der Waals surface area contributed by atoms with E-state index in [1.54, 1.807) is 0 Å². The van der Waals surface area contributed by atoms with Gasteiger partial charge < -0.3 is 10.2 Å². The maximum absolute atomic E-state index is 12.3. The lowest BCUT2D eigenvalue weighted by Gasteiger charge is -2.30. The third-order valence-electron chi connectivity index (χ3n) is 5.51. The van der Waals surface area contributed by atoms with Crippen LogP contribution >= 0.6 is 23.1 Å². The number of rotatable bonds is 7. The number of nitrogens with one attached hydrogen (secondary N) is 1.